The lowest BCUT2D eigenvalue weighted by Gasteiger charge is -2.14. The van der Waals surface area contributed by atoms with E-state index in [0.717, 1.165) is 24.5 Å². The number of hydrogen-bond donors (Lipinski definition) is 2. The maximum Gasteiger partial charge on any atom is 0.220 e. The highest BCUT2D eigenvalue weighted by Gasteiger charge is 2.19. The standard InChI is InChI=1S/C18H17ClFN5/c19-14-5-3-4-12(16(14)20)13-10-23-18(21)24-17(13)11-8-15(22-9-11)25-6-1-2-7-25/h3-5,8-10,22H,1-2,6-7H2,(H2,21,23,24). The van der Waals surface area contributed by atoms with E-state index < -0.39 is 5.82 Å². The van der Waals surface area contributed by atoms with Crippen molar-refractivity contribution in [2.75, 3.05) is 23.7 Å². The number of halogens is 2. The fourth-order valence-electron chi connectivity index (χ4n) is 3.18. The van der Waals surface area contributed by atoms with Gasteiger partial charge in [0.05, 0.1) is 10.7 Å². The summed E-state index contributed by atoms with van der Waals surface area (Å²) in [4.78, 5) is 13.9. The number of benzene rings is 1. The van der Waals surface area contributed by atoms with E-state index in [0.29, 0.717) is 16.8 Å². The number of nitrogens with zero attached hydrogens (tertiary/aromatic N) is 3. The molecule has 5 nitrogen and oxygen atoms in total. The highest BCUT2D eigenvalue weighted by Crippen LogP contribution is 2.35. The van der Waals surface area contributed by atoms with Gasteiger partial charge in [-0.15, -0.1) is 0 Å². The molecule has 0 amide bonds. The van der Waals surface area contributed by atoms with Gasteiger partial charge in [0.2, 0.25) is 5.95 Å². The summed E-state index contributed by atoms with van der Waals surface area (Å²) in [6.07, 6.45) is 5.78. The van der Waals surface area contributed by atoms with E-state index in [1.165, 1.54) is 25.1 Å². The summed E-state index contributed by atoms with van der Waals surface area (Å²) in [5.74, 6) is 0.682. The Bertz CT molecular complexity index is 918. The number of H-pyrrole nitrogens is 1. The lowest BCUT2D eigenvalue weighted by Crippen LogP contribution is -2.17. The summed E-state index contributed by atoms with van der Waals surface area (Å²) in [5, 5.41) is 0.0621. The van der Waals surface area contributed by atoms with E-state index in [1.807, 2.05) is 12.3 Å². The van der Waals surface area contributed by atoms with Crippen LogP contribution in [0.1, 0.15) is 12.8 Å². The molecule has 0 aliphatic carbocycles. The van der Waals surface area contributed by atoms with Crippen LogP contribution in [0.2, 0.25) is 5.02 Å². The van der Waals surface area contributed by atoms with Crippen molar-refractivity contribution in [2.45, 2.75) is 12.8 Å². The van der Waals surface area contributed by atoms with E-state index in [9.17, 15) is 4.39 Å². The third-order valence-corrected chi connectivity index (χ3v) is 4.73. The molecule has 2 aromatic heterocycles. The Balaban J connectivity index is 1.82. The van der Waals surface area contributed by atoms with E-state index in [-0.39, 0.29) is 11.0 Å². The average Bonchev–Trinajstić information content (AvgIpc) is 3.28. The molecule has 1 aliphatic heterocycles. The van der Waals surface area contributed by atoms with Crippen molar-refractivity contribution in [3.05, 3.63) is 47.5 Å². The van der Waals surface area contributed by atoms with Crippen molar-refractivity contribution in [3.8, 4) is 22.4 Å². The Morgan fingerprint density at radius 1 is 1.20 bits per heavy atom. The summed E-state index contributed by atoms with van der Waals surface area (Å²) in [6.45, 7) is 2.06. The number of aromatic nitrogens is 3. The lowest BCUT2D eigenvalue weighted by atomic mass is 10.0. The van der Waals surface area contributed by atoms with Gasteiger partial charge in [0.25, 0.3) is 0 Å². The minimum absolute atomic E-state index is 0.0621. The van der Waals surface area contributed by atoms with Crippen LogP contribution >= 0.6 is 11.6 Å². The zero-order chi connectivity index (χ0) is 17.4. The first-order valence-electron chi connectivity index (χ1n) is 8.14. The summed E-state index contributed by atoms with van der Waals surface area (Å²) in [5.41, 5.74) is 8.10. The van der Waals surface area contributed by atoms with Gasteiger partial charge in [0.15, 0.2) is 0 Å². The van der Waals surface area contributed by atoms with Crippen molar-refractivity contribution in [1.29, 1.82) is 0 Å². The predicted octanol–water partition coefficient (Wildman–Crippen LogP) is 4.11. The zero-order valence-electron chi connectivity index (χ0n) is 13.5. The van der Waals surface area contributed by atoms with Crippen LogP contribution in [-0.4, -0.2) is 28.0 Å². The molecule has 0 radical (unpaired) electrons. The van der Waals surface area contributed by atoms with Crippen molar-refractivity contribution in [3.63, 3.8) is 0 Å². The molecule has 0 unspecified atom stereocenters. The first-order valence-corrected chi connectivity index (χ1v) is 8.52. The predicted molar refractivity (Wildman–Crippen MR) is 98.1 cm³/mol. The van der Waals surface area contributed by atoms with Gasteiger partial charge in [0, 0.05) is 42.2 Å². The summed E-state index contributed by atoms with van der Waals surface area (Å²) in [6, 6.07) is 6.89. The Labute approximate surface area is 149 Å². The van der Waals surface area contributed by atoms with E-state index in [4.69, 9.17) is 17.3 Å². The fourth-order valence-corrected chi connectivity index (χ4v) is 3.36. The number of hydrogen-bond acceptors (Lipinski definition) is 4. The van der Waals surface area contributed by atoms with Crippen LogP contribution in [0.3, 0.4) is 0 Å². The van der Waals surface area contributed by atoms with Gasteiger partial charge in [0.1, 0.15) is 11.6 Å². The second-order valence-corrected chi connectivity index (χ2v) is 6.47. The number of nitrogen functional groups attached to an aromatic ring is 1. The summed E-state index contributed by atoms with van der Waals surface area (Å²) < 4.78 is 14.5. The van der Waals surface area contributed by atoms with Crippen molar-refractivity contribution >= 4 is 23.4 Å². The largest absolute Gasteiger partial charge is 0.368 e. The van der Waals surface area contributed by atoms with E-state index in [2.05, 4.69) is 19.9 Å². The van der Waals surface area contributed by atoms with Crippen LogP contribution in [0.4, 0.5) is 16.2 Å². The molecule has 4 rings (SSSR count). The SMILES string of the molecule is Nc1ncc(-c2cccc(Cl)c2F)c(-c2c[nH]c(N3CCCC3)c2)n1. The third-order valence-electron chi connectivity index (χ3n) is 4.44. The number of aromatic amines is 1. The van der Waals surface area contributed by atoms with E-state index >= 15 is 0 Å². The maximum absolute atomic E-state index is 14.5. The second-order valence-electron chi connectivity index (χ2n) is 6.06. The van der Waals surface area contributed by atoms with Crippen molar-refractivity contribution in [2.24, 2.45) is 0 Å². The van der Waals surface area contributed by atoms with Crippen LogP contribution in [0.15, 0.2) is 36.7 Å². The maximum atomic E-state index is 14.5. The third kappa shape index (κ3) is 2.93. The zero-order valence-corrected chi connectivity index (χ0v) is 14.2. The van der Waals surface area contributed by atoms with Gasteiger partial charge < -0.3 is 15.6 Å². The normalized spacial score (nSPS) is 14.2. The van der Waals surface area contributed by atoms with Gasteiger partial charge >= 0.3 is 0 Å². The highest BCUT2D eigenvalue weighted by atomic mass is 35.5. The van der Waals surface area contributed by atoms with Crippen LogP contribution < -0.4 is 10.6 Å². The lowest BCUT2D eigenvalue weighted by molar-refractivity contribution is 0.631. The molecule has 3 heterocycles. The van der Waals surface area contributed by atoms with Crippen LogP contribution in [-0.2, 0) is 0 Å². The van der Waals surface area contributed by atoms with E-state index in [1.54, 1.807) is 12.1 Å². The first-order chi connectivity index (χ1) is 12.1. The Kier molecular flexibility index (Phi) is 4.05. The molecule has 1 saturated heterocycles. The summed E-state index contributed by atoms with van der Waals surface area (Å²) in [7, 11) is 0. The second kappa shape index (κ2) is 6.37. The molecule has 0 bridgehead atoms. The Hall–Kier alpha value is -2.60. The van der Waals surface area contributed by atoms with Gasteiger partial charge in [-0.3, -0.25) is 0 Å². The van der Waals surface area contributed by atoms with Gasteiger partial charge in [-0.2, -0.15) is 0 Å². The molecule has 25 heavy (non-hydrogen) atoms. The Morgan fingerprint density at radius 3 is 2.80 bits per heavy atom. The molecule has 7 heteroatoms. The van der Waals surface area contributed by atoms with Crippen molar-refractivity contribution in [1.82, 2.24) is 15.0 Å². The van der Waals surface area contributed by atoms with Crippen molar-refractivity contribution < 1.29 is 4.39 Å². The molecule has 128 valence electrons. The van der Waals surface area contributed by atoms with Crippen LogP contribution in [0.25, 0.3) is 22.4 Å². The first kappa shape index (κ1) is 15.9. The molecule has 0 saturated carbocycles. The molecule has 1 aliphatic rings. The fraction of sp³-hybridized carbons (Fsp3) is 0.222. The molecule has 1 aromatic carbocycles. The topological polar surface area (TPSA) is 70.8 Å². The molecule has 3 N–H and O–H groups in total. The molecule has 0 spiro atoms. The molecule has 3 aromatic rings. The number of nitrogens with one attached hydrogen (secondary N) is 1. The molecular formula is C18H17ClFN5. The minimum Gasteiger partial charge on any atom is -0.368 e. The van der Waals surface area contributed by atoms with Gasteiger partial charge in [-0.25, -0.2) is 14.4 Å². The van der Waals surface area contributed by atoms with Crippen LogP contribution in [0.5, 0.6) is 0 Å². The molecule has 0 atom stereocenters. The van der Waals surface area contributed by atoms with Gasteiger partial charge in [-0.1, -0.05) is 23.7 Å². The molecular weight excluding hydrogens is 341 g/mol. The molecule has 1 fully saturated rings. The Morgan fingerprint density at radius 2 is 2.00 bits per heavy atom. The quantitative estimate of drug-likeness (QED) is 0.739. The smallest absolute Gasteiger partial charge is 0.220 e. The minimum atomic E-state index is -0.492. The van der Waals surface area contributed by atoms with Gasteiger partial charge in [-0.05, 0) is 25.0 Å². The number of nitrogens with two attached hydrogens (primary N) is 1. The monoisotopic (exact) mass is 357 g/mol. The number of anilines is 2. The summed E-state index contributed by atoms with van der Waals surface area (Å²) >= 11 is 5.93. The number of rotatable bonds is 3. The van der Waals surface area contributed by atoms with Crippen LogP contribution in [0, 0.1) is 5.82 Å². The highest BCUT2D eigenvalue weighted by molar-refractivity contribution is 6.31. The average molecular weight is 358 g/mol.